The second kappa shape index (κ2) is 10.3. The van der Waals surface area contributed by atoms with Crippen LogP contribution in [0, 0.1) is 17.1 Å². The van der Waals surface area contributed by atoms with Crippen LogP contribution >= 0.6 is 11.3 Å². The zero-order valence-electron chi connectivity index (χ0n) is 19.5. The number of allylic oxidation sites excluding steroid dienone is 3. The van der Waals surface area contributed by atoms with Crippen molar-refractivity contribution in [2.75, 3.05) is 26.2 Å². The fraction of sp³-hybridized carbons (Fsp3) is 0.214. The van der Waals surface area contributed by atoms with E-state index in [0.717, 1.165) is 11.3 Å². The lowest BCUT2D eigenvalue weighted by atomic mass is 9.90. The Balaban J connectivity index is 1.47. The molecule has 5 rings (SSSR count). The van der Waals surface area contributed by atoms with Crippen molar-refractivity contribution >= 4 is 28.7 Å². The largest absolute Gasteiger partial charge is 0.366 e. The quantitative estimate of drug-likeness (QED) is 0.537. The number of nitrogens with zero attached hydrogens (tertiary/aromatic N) is 4. The summed E-state index contributed by atoms with van der Waals surface area (Å²) in [5.41, 5.74) is 3.22. The van der Waals surface area contributed by atoms with Crippen LogP contribution in [-0.2, 0) is 17.6 Å². The first-order valence-electron chi connectivity index (χ1n) is 11.7. The van der Waals surface area contributed by atoms with Crippen molar-refractivity contribution in [2.45, 2.75) is 12.8 Å². The lowest BCUT2D eigenvalue weighted by molar-refractivity contribution is -0.111. The Morgan fingerprint density at radius 2 is 1.89 bits per heavy atom. The van der Waals surface area contributed by atoms with Crippen LogP contribution in [0.4, 0.5) is 4.39 Å². The minimum Gasteiger partial charge on any atom is -0.366 e. The summed E-state index contributed by atoms with van der Waals surface area (Å²) in [4.78, 5) is 35.2. The lowest BCUT2D eigenvalue weighted by Crippen LogP contribution is -2.48. The molecule has 0 radical (unpaired) electrons. The average molecular weight is 499 g/mol. The minimum atomic E-state index is -0.398. The van der Waals surface area contributed by atoms with Gasteiger partial charge in [0.05, 0.1) is 16.3 Å². The summed E-state index contributed by atoms with van der Waals surface area (Å²) in [6.07, 6.45) is 3.77. The number of fused-ring (bicyclic) bond motifs is 1. The molecule has 2 aromatic heterocycles. The number of thiophene rings is 1. The molecule has 1 saturated heterocycles. The SMILES string of the molecule is N#CC1=C(N2CCN(C(=O)c3cccs3)CC2)c2cccnc2CC(Cc2ccccc2F)=CC1=O. The molecule has 180 valence electrons. The summed E-state index contributed by atoms with van der Waals surface area (Å²) in [6, 6.07) is 15.9. The van der Waals surface area contributed by atoms with Gasteiger partial charge in [-0.1, -0.05) is 29.8 Å². The number of hydrogen-bond acceptors (Lipinski definition) is 6. The highest BCUT2D eigenvalue weighted by atomic mass is 32.1. The van der Waals surface area contributed by atoms with Crippen LogP contribution in [0.3, 0.4) is 0 Å². The number of halogens is 1. The van der Waals surface area contributed by atoms with Gasteiger partial charge in [-0.3, -0.25) is 14.6 Å². The minimum absolute atomic E-state index is 0.00401. The lowest BCUT2D eigenvalue weighted by Gasteiger charge is -2.38. The molecule has 0 bridgehead atoms. The van der Waals surface area contributed by atoms with Crippen LogP contribution in [-0.4, -0.2) is 52.7 Å². The fourth-order valence-corrected chi connectivity index (χ4v) is 5.39. The summed E-state index contributed by atoms with van der Waals surface area (Å²) in [7, 11) is 0. The van der Waals surface area contributed by atoms with Crippen molar-refractivity contribution < 1.29 is 14.0 Å². The van der Waals surface area contributed by atoms with Crippen LogP contribution in [0.1, 0.15) is 26.5 Å². The van der Waals surface area contributed by atoms with E-state index in [4.69, 9.17) is 0 Å². The van der Waals surface area contributed by atoms with E-state index in [1.54, 1.807) is 35.4 Å². The van der Waals surface area contributed by atoms with Crippen molar-refractivity contribution in [1.29, 1.82) is 5.26 Å². The number of benzene rings is 1. The van der Waals surface area contributed by atoms with Crippen LogP contribution in [0.25, 0.3) is 5.70 Å². The fourth-order valence-electron chi connectivity index (χ4n) is 4.70. The predicted octanol–water partition coefficient (Wildman–Crippen LogP) is 4.27. The number of nitriles is 1. The second-order valence-electron chi connectivity index (χ2n) is 8.70. The Morgan fingerprint density at radius 3 is 2.61 bits per heavy atom. The molecule has 1 aromatic carbocycles. The van der Waals surface area contributed by atoms with Crippen LogP contribution in [0.15, 0.2) is 77.3 Å². The number of rotatable bonds is 4. The third kappa shape index (κ3) is 4.70. The molecule has 1 aliphatic heterocycles. The molecule has 0 unspecified atom stereocenters. The standard InChI is InChI=1S/C28H23FN4O2S/c29-23-7-2-1-5-20(23)15-19-16-24-21(6-3-9-31-24)27(22(18-30)25(34)17-19)32-10-12-33(13-11-32)28(35)26-8-4-14-36-26/h1-9,14,17H,10-13,15-16H2. The van der Waals surface area contributed by atoms with Gasteiger partial charge >= 0.3 is 0 Å². The molecule has 6 nitrogen and oxygen atoms in total. The molecule has 8 heteroatoms. The van der Waals surface area contributed by atoms with E-state index >= 15 is 0 Å². The number of carbonyl (C=O) groups is 2. The van der Waals surface area contributed by atoms with Gasteiger partial charge in [0, 0.05) is 44.4 Å². The van der Waals surface area contributed by atoms with Crippen molar-refractivity contribution in [3.05, 3.63) is 105 Å². The summed E-state index contributed by atoms with van der Waals surface area (Å²) >= 11 is 1.42. The van der Waals surface area contributed by atoms with E-state index < -0.39 is 5.78 Å². The third-order valence-corrected chi connectivity index (χ3v) is 7.32. The highest BCUT2D eigenvalue weighted by molar-refractivity contribution is 7.12. The smallest absolute Gasteiger partial charge is 0.264 e. The van der Waals surface area contributed by atoms with Crippen molar-refractivity contribution in [2.24, 2.45) is 0 Å². The monoisotopic (exact) mass is 498 g/mol. The molecule has 1 amide bonds. The van der Waals surface area contributed by atoms with Gasteiger partial charge in [0.1, 0.15) is 17.5 Å². The first-order valence-corrected chi connectivity index (χ1v) is 12.6. The maximum absolute atomic E-state index is 14.3. The number of hydrogen-bond donors (Lipinski definition) is 0. The molecule has 1 fully saturated rings. The Morgan fingerprint density at radius 1 is 1.08 bits per heavy atom. The van der Waals surface area contributed by atoms with Gasteiger partial charge < -0.3 is 9.80 Å². The van der Waals surface area contributed by atoms with Gasteiger partial charge in [0.15, 0.2) is 5.78 Å². The first-order chi connectivity index (χ1) is 17.5. The van der Waals surface area contributed by atoms with Crippen molar-refractivity contribution in [1.82, 2.24) is 14.8 Å². The normalized spacial score (nSPS) is 16.1. The molecular formula is C28H23FN4O2S. The molecule has 3 aromatic rings. The summed E-state index contributed by atoms with van der Waals surface area (Å²) < 4.78 is 14.3. The van der Waals surface area contributed by atoms with E-state index in [9.17, 15) is 19.2 Å². The second-order valence-corrected chi connectivity index (χ2v) is 9.65. The van der Waals surface area contributed by atoms with E-state index in [1.165, 1.54) is 23.5 Å². The number of pyridine rings is 1. The van der Waals surface area contributed by atoms with Gasteiger partial charge in [-0.05, 0) is 47.7 Å². The number of carbonyl (C=O) groups excluding carboxylic acids is 2. The number of piperazine rings is 1. The summed E-state index contributed by atoms with van der Waals surface area (Å²) in [5, 5.41) is 11.9. The molecule has 1 aliphatic carbocycles. The van der Waals surface area contributed by atoms with Gasteiger partial charge in [-0.2, -0.15) is 5.26 Å². The molecule has 0 N–H and O–H groups in total. The maximum atomic E-state index is 14.3. The topological polar surface area (TPSA) is 77.3 Å². The zero-order chi connectivity index (χ0) is 25.1. The molecule has 36 heavy (non-hydrogen) atoms. The first kappa shape index (κ1) is 23.6. The summed E-state index contributed by atoms with van der Waals surface area (Å²) in [5.74, 6) is -0.734. The van der Waals surface area contributed by atoms with Crippen LogP contribution in [0.5, 0.6) is 0 Å². The van der Waals surface area contributed by atoms with Gasteiger partial charge in [-0.25, -0.2) is 4.39 Å². The van der Waals surface area contributed by atoms with E-state index in [0.29, 0.717) is 54.3 Å². The number of aromatic nitrogens is 1. The van der Waals surface area contributed by atoms with Crippen LogP contribution in [0.2, 0.25) is 0 Å². The molecular weight excluding hydrogens is 475 g/mol. The number of ketones is 1. The van der Waals surface area contributed by atoms with Crippen LogP contribution < -0.4 is 0 Å². The third-order valence-electron chi connectivity index (χ3n) is 6.46. The highest BCUT2D eigenvalue weighted by Gasteiger charge is 2.30. The molecule has 0 saturated carbocycles. The zero-order valence-corrected chi connectivity index (χ0v) is 20.3. The van der Waals surface area contributed by atoms with Gasteiger partial charge in [-0.15, -0.1) is 11.3 Å². The van der Waals surface area contributed by atoms with Gasteiger partial charge in [0.25, 0.3) is 5.91 Å². The molecule has 3 heterocycles. The molecule has 0 atom stereocenters. The van der Waals surface area contributed by atoms with E-state index in [-0.39, 0.29) is 23.7 Å². The molecule has 0 spiro atoms. The predicted molar refractivity (Wildman–Crippen MR) is 135 cm³/mol. The average Bonchev–Trinajstić information content (AvgIpc) is 3.43. The number of amides is 1. The van der Waals surface area contributed by atoms with Crippen molar-refractivity contribution in [3.63, 3.8) is 0 Å². The van der Waals surface area contributed by atoms with Gasteiger partial charge in [0.2, 0.25) is 0 Å². The van der Waals surface area contributed by atoms with E-state index in [2.05, 4.69) is 11.1 Å². The Labute approximate surface area is 212 Å². The maximum Gasteiger partial charge on any atom is 0.264 e. The molecule has 2 aliphatic rings. The highest BCUT2D eigenvalue weighted by Crippen LogP contribution is 2.31. The van der Waals surface area contributed by atoms with E-state index in [1.807, 2.05) is 28.5 Å². The Hall–Kier alpha value is -4.09. The Bertz CT molecular complexity index is 1410. The Kier molecular flexibility index (Phi) is 6.74. The van der Waals surface area contributed by atoms with Crippen molar-refractivity contribution in [3.8, 4) is 6.07 Å². The summed E-state index contributed by atoms with van der Waals surface area (Å²) in [6.45, 7) is 1.95.